The fourth-order valence-electron chi connectivity index (χ4n) is 1.94. The van der Waals surface area contributed by atoms with Gasteiger partial charge in [-0.3, -0.25) is 0 Å². The van der Waals surface area contributed by atoms with Crippen LogP contribution in [0.15, 0.2) is 12.3 Å². The molecule has 0 amide bonds. The van der Waals surface area contributed by atoms with Gasteiger partial charge in [0.25, 0.3) is 0 Å². The topological polar surface area (TPSA) is 18.5 Å². The summed E-state index contributed by atoms with van der Waals surface area (Å²) in [4.78, 5) is 0. The van der Waals surface area contributed by atoms with Crippen molar-refractivity contribution in [2.24, 2.45) is 0 Å². The van der Waals surface area contributed by atoms with Crippen LogP contribution in [0.2, 0.25) is 6.55 Å². The van der Waals surface area contributed by atoms with E-state index in [9.17, 15) is 0 Å². The molecule has 2 nitrogen and oxygen atoms in total. The van der Waals surface area contributed by atoms with Crippen LogP contribution in [0, 0.1) is 0 Å². The lowest BCUT2D eigenvalue weighted by Gasteiger charge is -2.31. The summed E-state index contributed by atoms with van der Waals surface area (Å²) < 4.78 is 12.2. The summed E-state index contributed by atoms with van der Waals surface area (Å²) in [6.07, 6.45) is 6.43. The lowest BCUT2D eigenvalue weighted by atomic mass is 10.1. The fourth-order valence-corrected chi connectivity index (χ4v) is 4.02. The van der Waals surface area contributed by atoms with E-state index in [1.807, 2.05) is 5.70 Å². The molecule has 0 rings (SSSR count). The maximum atomic E-state index is 6.24. The molecule has 0 saturated heterocycles. The second kappa shape index (κ2) is 8.89. The van der Waals surface area contributed by atoms with E-state index in [-0.39, 0.29) is 6.10 Å². The van der Waals surface area contributed by atoms with Crippen LogP contribution in [0.1, 0.15) is 59.8 Å². The normalized spacial score (nSPS) is 16.8. The molecule has 0 bridgehead atoms. The molecule has 0 aliphatic carbocycles. The Hall–Kier alpha value is -0.123. The Kier molecular flexibility index (Phi) is 8.83. The fraction of sp³-hybridized carbons (Fsp3) is 0.857. The second-order valence-electron chi connectivity index (χ2n) is 5.06. The van der Waals surface area contributed by atoms with Crippen LogP contribution in [0.4, 0.5) is 0 Å². The van der Waals surface area contributed by atoms with Crippen molar-refractivity contribution in [3.8, 4) is 0 Å². The monoisotopic (exact) mass is 258 g/mol. The summed E-state index contributed by atoms with van der Waals surface area (Å²) in [5.41, 5.74) is 1.90. The highest BCUT2D eigenvalue weighted by Crippen LogP contribution is 2.20. The number of unbranched alkanes of at least 4 members (excludes halogenated alkanes) is 1. The summed E-state index contributed by atoms with van der Waals surface area (Å²) in [6, 6.07) is 0. The van der Waals surface area contributed by atoms with Crippen molar-refractivity contribution in [2.45, 2.75) is 78.6 Å². The summed E-state index contributed by atoms with van der Waals surface area (Å²) in [5, 5.41) is 0. The quantitative estimate of drug-likeness (QED) is 0.534. The molecular formula is C14H30O2Si. The van der Waals surface area contributed by atoms with Crippen LogP contribution in [0.3, 0.4) is 0 Å². The molecule has 2 unspecified atom stereocenters. The van der Waals surface area contributed by atoms with Gasteiger partial charge < -0.3 is 8.85 Å². The number of rotatable bonds is 10. The van der Waals surface area contributed by atoms with E-state index in [1.54, 1.807) is 0 Å². The third-order valence-corrected chi connectivity index (χ3v) is 5.21. The average molecular weight is 258 g/mol. The van der Waals surface area contributed by atoms with Crippen LogP contribution in [-0.4, -0.2) is 20.8 Å². The van der Waals surface area contributed by atoms with Gasteiger partial charge in [0.1, 0.15) is 0 Å². The predicted molar refractivity (Wildman–Crippen MR) is 77.3 cm³/mol. The Morgan fingerprint density at radius 2 is 1.76 bits per heavy atom. The highest BCUT2D eigenvalue weighted by molar-refractivity contribution is 6.71. The van der Waals surface area contributed by atoms with Gasteiger partial charge in [-0.1, -0.05) is 33.1 Å². The summed E-state index contributed by atoms with van der Waals surface area (Å²) in [6.45, 7) is 14.5. The summed E-state index contributed by atoms with van der Waals surface area (Å²) >= 11 is 0. The zero-order chi connectivity index (χ0) is 13.3. The third kappa shape index (κ3) is 7.74. The minimum absolute atomic E-state index is 0.207. The van der Waals surface area contributed by atoms with Gasteiger partial charge in [-0.2, -0.15) is 0 Å². The Bertz CT molecular complexity index is 206. The molecule has 102 valence electrons. The van der Waals surface area contributed by atoms with Gasteiger partial charge in [0.05, 0.1) is 0 Å². The molecule has 0 spiro atoms. The van der Waals surface area contributed by atoms with E-state index >= 15 is 0 Å². The van der Waals surface area contributed by atoms with Crippen molar-refractivity contribution in [2.75, 3.05) is 0 Å². The molecule has 0 radical (unpaired) electrons. The van der Waals surface area contributed by atoms with Crippen LogP contribution >= 0.6 is 0 Å². The Morgan fingerprint density at radius 3 is 2.18 bits per heavy atom. The highest BCUT2D eigenvalue weighted by Gasteiger charge is 2.31. The SMILES string of the molecule is C=C[Si](C)(OC(C)C)OC(CCC)CCCC. The van der Waals surface area contributed by atoms with Crippen molar-refractivity contribution >= 4 is 8.56 Å². The highest BCUT2D eigenvalue weighted by atomic mass is 28.4. The molecule has 0 aromatic heterocycles. The van der Waals surface area contributed by atoms with E-state index in [1.165, 1.54) is 12.8 Å². The van der Waals surface area contributed by atoms with Gasteiger partial charge in [0.2, 0.25) is 0 Å². The lowest BCUT2D eigenvalue weighted by Crippen LogP contribution is -2.42. The molecule has 0 aliphatic rings. The minimum Gasteiger partial charge on any atom is -0.389 e. The zero-order valence-electron chi connectivity index (χ0n) is 12.3. The average Bonchev–Trinajstić information content (AvgIpc) is 2.25. The standard InChI is InChI=1S/C14H30O2Si/c1-7-10-12-14(11-8-2)16-17(6,9-3)15-13(4)5/h9,13-14H,3,7-8,10-12H2,1-2,4-6H3. The smallest absolute Gasteiger partial charge is 0.361 e. The molecular weight excluding hydrogens is 228 g/mol. The van der Waals surface area contributed by atoms with Gasteiger partial charge in [0, 0.05) is 12.2 Å². The molecule has 3 heteroatoms. The maximum absolute atomic E-state index is 6.24. The van der Waals surface area contributed by atoms with Crippen LogP contribution in [-0.2, 0) is 8.85 Å². The summed E-state index contributed by atoms with van der Waals surface area (Å²) in [7, 11) is -2.17. The van der Waals surface area contributed by atoms with Gasteiger partial charge >= 0.3 is 8.56 Å². The van der Waals surface area contributed by atoms with E-state index < -0.39 is 8.56 Å². The molecule has 0 saturated carbocycles. The van der Waals surface area contributed by atoms with Gasteiger partial charge in [-0.05, 0) is 38.9 Å². The molecule has 0 aliphatic heterocycles. The first-order valence-electron chi connectivity index (χ1n) is 6.96. The van der Waals surface area contributed by atoms with E-state index in [2.05, 4.69) is 40.8 Å². The van der Waals surface area contributed by atoms with Crippen molar-refractivity contribution in [3.05, 3.63) is 12.3 Å². The van der Waals surface area contributed by atoms with Crippen LogP contribution in [0.25, 0.3) is 0 Å². The van der Waals surface area contributed by atoms with Gasteiger partial charge in [0.15, 0.2) is 0 Å². The first kappa shape index (κ1) is 16.9. The second-order valence-corrected chi connectivity index (χ2v) is 7.97. The van der Waals surface area contributed by atoms with E-state index in [0.29, 0.717) is 6.10 Å². The minimum atomic E-state index is -2.17. The Labute approximate surface area is 109 Å². The molecule has 2 atom stereocenters. The Morgan fingerprint density at radius 1 is 1.12 bits per heavy atom. The van der Waals surface area contributed by atoms with Crippen molar-refractivity contribution in [1.29, 1.82) is 0 Å². The van der Waals surface area contributed by atoms with E-state index in [4.69, 9.17) is 8.85 Å². The molecule has 0 aromatic carbocycles. The first-order chi connectivity index (χ1) is 7.97. The zero-order valence-corrected chi connectivity index (χ0v) is 13.3. The maximum Gasteiger partial charge on any atom is 0.361 e. The van der Waals surface area contributed by atoms with Crippen molar-refractivity contribution < 1.29 is 8.85 Å². The van der Waals surface area contributed by atoms with Crippen molar-refractivity contribution in [3.63, 3.8) is 0 Å². The number of hydrogen-bond acceptors (Lipinski definition) is 2. The lowest BCUT2D eigenvalue weighted by molar-refractivity contribution is 0.0907. The van der Waals surface area contributed by atoms with Crippen LogP contribution in [0.5, 0.6) is 0 Å². The largest absolute Gasteiger partial charge is 0.389 e. The molecule has 17 heavy (non-hydrogen) atoms. The molecule has 0 heterocycles. The number of hydrogen-bond donors (Lipinski definition) is 0. The summed E-state index contributed by atoms with van der Waals surface area (Å²) in [5.74, 6) is 0. The first-order valence-corrected chi connectivity index (χ1v) is 9.36. The predicted octanol–water partition coefficient (Wildman–Crippen LogP) is 4.58. The molecule has 0 aromatic rings. The molecule has 0 fully saturated rings. The third-order valence-electron chi connectivity index (χ3n) is 2.73. The Balaban J connectivity index is 4.39. The van der Waals surface area contributed by atoms with Crippen LogP contribution < -0.4 is 0 Å². The van der Waals surface area contributed by atoms with Crippen molar-refractivity contribution in [1.82, 2.24) is 0 Å². The van der Waals surface area contributed by atoms with E-state index in [0.717, 1.165) is 19.3 Å². The molecule has 0 N–H and O–H groups in total. The van der Waals surface area contributed by atoms with Gasteiger partial charge in [-0.15, -0.1) is 6.58 Å². The van der Waals surface area contributed by atoms with Gasteiger partial charge in [-0.25, -0.2) is 0 Å².